The summed E-state index contributed by atoms with van der Waals surface area (Å²) < 4.78 is 0. The summed E-state index contributed by atoms with van der Waals surface area (Å²) in [5.74, 6) is 0.139. The zero-order chi connectivity index (χ0) is 12.8. The van der Waals surface area contributed by atoms with Gasteiger partial charge < -0.3 is 11.1 Å². The Balaban J connectivity index is 2.34. The van der Waals surface area contributed by atoms with Crippen LogP contribution in [-0.2, 0) is 4.79 Å². The van der Waals surface area contributed by atoms with Gasteiger partial charge in [-0.15, -0.1) is 0 Å². The highest BCUT2D eigenvalue weighted by molar-refractivity contribution is 5.81. The zero-order valence-electron chi connectivity index (χ0n) is 11.4. The Labute approximate surface area is 105 Å². The zero-order valence-corrected chi connectivity index (χ0v) is 11.4. The van der Waals surface area contributed by atoms with Crippen molar-refractivity contribution in [1.82, 2.24) is 10.2 Å². The molecule has 1 rings (SSSR count). The molecule has 0 aromatic carbocycles. The van der Waals surface area contributed by atoms with Crippen LogP contribution in [0.2, 0.25) is 0 Å². The van der Waals surface area contributed by atoms with Crippen molar-refractivity contribution >= 4 is 5.91 Å². The quantitative estimate of drug-likeness (QED) is 0.758. The molecule has 0 radical (unpaired) electrons. The average Bonchev–Trinajstić information content (AvgIpc) is 2.28. The Kier molecular flexibility index (Phi) is 5.92. The van der Waals surface area contributed by atoms with Gasteiger partial charge in [-0.25, -0.2) is 0 Å². The number of likely N-dealkylation sites (N-methyl/N-ethyl adjacent to an activating group) is 1. The highest BCUT2D eigenvalue weighted by atomic mass is 16.2. The van der Waals surface area contributed by atoms with Crippen molar-refractivity contribution in [2.75, 3.05) is 13.6 Å². The molecule has 4 nitrogen and oxygen atoms in total. The van der Waals surface area contributed by atoms with E-state index in [2.05, 4.69) is 5.32 Å². The number of hydrogen-bond acceptors (Lipinski definition) is 3. The van der Waals surface area contributed by atoms with Gasteiger partial charge in [0, 0.05) is 18.6 Å². The summed E-state index contributed by atoms with van der Waals surface area (Å²) in [4.78, 5) is 14.1. The van der Waals surface area contributed by atoms with E-state index in [-0.39, 0.29) is 18.0 Å². The summed E-state index contributed by atoms with van der Waals surface area (Å²) in [6.45, 7) is 4.65. The van der Waals surface area contributed by atoms with Crippen LogP contribution >= 0.6 is 0 Å². The molecule has 100 valence electrons. The second kappa shape index (κ2) is 6.97. The fraction of sp³-hybridized carbons (Fsp3) is 0.923. The topological polar surface area (TPSA) is 58.4 Å². The molecule has 0 spiro atoms. The Morgan fingerprint density at radius 1 is 1.35 bits per heavy atom. The van der Waals surface area contributed by atoms with Crippen LogP contribution in [0.25, 0.3) is 0 Å². The van der Waals surface area contributed by atoms with E-state index in [1.165, 1.54) is 19.3 Å². The van der Waals surface area contributed by atoms with Crippen LogP contribution in [0.15, 0.2) is 0 Å². The number of nitrogens with two attached hydrogens (primary N) is 1. The lowest BCUT2D eigenvalue weighted by Crippen LogP contribution is -2.49. The third kappa shape index (κ3) is 5.04. The minimum absolute atomic E-state index is 0.0945. The van der Waals surface area contributed by atoms with Crippen LogP contribution in [0.4, 0.5) is 0 Å². The maximum absolute atomic E-state index is 12.0. The smallest absolute Gasteiger partial charge is 0.237 e. The molecular formula is C13H27N3O. The molecule has 17 heavy (non-hydrogen) atoms. The second-order valence-electron chi connectivity index (χ2n) is 5.44. The minimum Gasteiger partial charge on any atom is -0.352 e. The second-order valence-corrected chi connectivity index (χ2v) is 5.44. The number of carbonyl (C=O) groups excluding carboxylic acids is 1. The van der Waals surface area contributed by atoms with Gasteiger partial charge in [0.05, 0.1) is 6.04 Å². The van der Waals surface area contributed by atoms with Crippen LogP contribution in [0.5, 0.6) is 0 Å². The van der Waals surface area contributed by atoms with E-state index in [9.17, 15) is 4.79 Å². The van der Waals surface area contributed by atoms with Crippen molar-refractivity contribution in [2.45, 2.75) is 64.1 Å². The van der Waals surface area contributed by atoms with Crippen LogP contribution < -0.4 is 11.1 Å². The summed E-state index contributed by atoms with van der Waals surface area (Å²) in [6.07, 6.45) is 6.07. The van der Waals surface area contributed by atoms with E-state index in [0.29, 0.717) is 6.04 Å². The van der Waals surface area contributed by atoms with E-state index in [0.717, 1.165) is 19.4 Å². The van der Waals surface area contributed by atoms with Gasteiger partial charge in [0.2, 0.25) is 5.91 Å². The Bertz CT molecular complexity index is 237. The van der Waals surface area contributed by atoms with Crippen LogP contribution in [-0.4, -0.2) is 42.5 Å². The third-order valence-electron chi connectivity index (χ3n) is 3.57. The summed E-state index contributed by atoms with van der Waals surface area (Å²) in [7, 11) is 1.95. The summed E-state index contributed by atoms with van der Waals surface area (Å²) in [5, 5.41) is 3.15. The van der Waals surface area contributed by atoms with Gasteiger partial charge >= 0.3 is 0 Å². The predicted molar refractivity (Wildman–Crippen MR) is 70.8 cm³/mol. The van der Waals surface area contributed by atoms with E-state index in [1.807, 2.05) is 25.8 Å². The summed E-state index contributed by atoms with van der Waals surface area (Å²) in [5.41, 5.74) is 5.74. The lowest BCUT2D eigenvalue weighted by atomic mass is 9.95. The minimum atomic E-state index is -0.0945. The molecule has 4 heteroatoms. The molecule has 3 N–H and O–H groups in total. The number of nitrogens with one attached hydrogen (secondary N) is 1. The predicted octanol–water partition coefficient (Wildman–Crippen LogP) is 1.10. The number of amides is 1. The molecule has 0 bridgehead atoms. The van der Waals surface area contributed by atoms with Gasteiger partial charge in [-0.3, -0.25) is 9.69 Å². The van der Waals surface area contributed by atoms with Crippen molar-refractivity contribution in [3.8, 4) is 0 Å². The maximum atomic E-state index is 12.0. The summed E-state index contributed by atoms with van der Waals surface area (Å²) >= 11 is 0. The van der Waals surface area contributed by atoms with E-state index >= 15 is 0 Å². The van der Waals surface area contributed by atoms with Crippen molar-refractivity contribution in [1.29, 1.82) is 0 Å². The molecule has 1 aliphatic rings. The fourth-order valence-electron chi connectivity index (χ4n) is 2.38. The maximum Gasteiger partial charge on any atom is 0.237 e. The van der Waals surface area contributed by atoms with Crippen LogP contribution in [0.3, 0.4) is 0 Å². The molecule has 0 heterocycles. The largest absolute Gasteiger partial charge is 0.352 e. The molecule has 0 aromatic rings. The number of rotatable bonds is 5. The molecule has 0 saturated heterocycles. The molecule has 1 amide bonds. The summed E-state index contributed by atoms with van der Waals surface area (Å²) in [6, 6.07) is 0.398. The van der Waals surface area contributed by atoms with Gasteiger partial charge in [-0.2, -0.15) is 0 Å². The first-order chi connectivity index (χ1) is 8.00. The fourth-order valence-corrected chi connectivity index (χ4v) is 2.38. The lowest BCUT2D eigenvalue weighted by molar-refractivity contribution is -0.126. The first-order valence-electron chi connectivity index (χ1n) is 6.77. The Morgan fingerprint density at radius 2 is 1.94 bits per heavy atom. The van der Waals surface area contributed by atoms with Crippen LogP contribution in [0, 0.1) is 0 Å². The SMILES string of the molecule is CC(N)CN(C)C(C)C(=O)NC1CCCCC1. The monoisotopic (exact) mass is 241 g/mol. The molecule has 0 aliphatic heterocycles. The molecule has 2 unspecified atom stereocenters. The first kappa shape index (κ1) is 14.5. The molecule has 0 aromatic heterocycles. The van der Waals surface area contributed by atoms with E-state index in [4.69, 9.17) is 5.73 Å². The molecule has 1 aliphatic carbocycles. The van der Waals surface area contributed by atoms with Crippen molar-refractivity contribution in [2.24, 2.45) is 5.73 Å². The molecule has 1 fully saturated rings. The Hall–Kier alpha value is -0.610. The molecular weight excluding hydrogens is 214 g/mol. The normalized spacial score (nSPS) is 21.2. The van der Waals surface area contributed by atoms with Crippen molar-refractivity contribution in [3.05, 3.63) is 0 Å². The molecule has 1 saturated carbocycles. The van der Waals surface area contributed by atoms with E-state index < -0.39 is 0 Å². The number of hydrogen-bond donors (Lipinski definition) is 2. The average molecular weight is 241 g/mol. The van der Waals surface area contributed by atoms with Gasteiger partial charge in [-0.1, -0.05) is 19.3 Å². The first-order valence-corrected chi connectivity index (χ1v) is 6.77. The van der Waals surface area contributed by atoms with Gasteiger partial charge in [-0.05, 0) is 33.7 Å². The lowest BCUT2D eigenvalue weighted by Gasteiger charge is -2.29. The van der Waals surface area contributed by atoms with Crippen LogP contribution in [0.1, 0.15) is 46.0 Å². The molecule has 2 atom stereocenters. The third-order valence-corrected chi connectivity index (χ3v) is 3.57. The number of nitrogens with zero attached hydrogens (tertiary/aromatic N) is 1. The highest BCUT2D eigenvalue weighted by Gasteiger charge is 2.22. The van der Waals surface area contributed by atoms with Crippen molar-refractivity contribution < 1.29 is 4.79 Å². The van der Waals surface area contributed by atoms with Gasteiger partial charge in [0.25, 0.3) is 0 Å². The van der Waals surface area contributed by atoms with Crippen molar-refractivity contribution in [3.63, 3.8) is 0 Å². The number of carbonyl (C=O) groups is 1. The van der Waals surface area contributed by atoms with E-state index in [1.54, 1.807) is 0 Å². The van der Waals surface area contributed by atoms with Gasteiger partial charge in [0.1, 0.15) is 0 Å². The highest BCUT2D eigenvalue weighted by Crippen LogP contribution is 2.17. The van der Waals surface area contributed by atoms with Gasteiger partial charge in [0.15, 0.2) is 0 Å². The Morgan fingerprint density at radius 3 is 2.47 bits per heavy atom. The standard InChI is InChI=1S/C13H27N3O/c1-10(14)9-16(3)11(2)13(17)15-12-7-5-4-6-8-12/h10-12H,4-9,14H2,1-3H3,(H,15,17).